The fraction of sp³-hybridized carbons (Fsp3) is 0.455. The first-order valence-electron chi connectivity index (χ1n) is 41.6. The van der Waals surface area contributed by atoms with Crippen molar-refractivity contribution in [3.05, 3.63) is 234 Å². The van der Waals surface area contributed by atoms with Crippen molar-refractivity contribution in [2.24, 2.45) is 46.6 Å². The molecule has 0 unspecified atom stereocenters. The Morgan fingerprint density at radius 2 is 0.661 bits per heavy atom. The SMILES string of the molecule is [C-]#[N+]CC1(n2cc(C(N)=O)c(NC(=O)C3CC3)n2)CCN(Cc2ccc(F)cc2)CC1.[C-]#[N+]CC1(n2cc(C(N)=O)c(NC(=O)C3CC3)n2)CCN(Cc2cccc(Cl)c2)CC1.[C-]#[N+]CC1(n2cc(C(N)=O)c(NC(=O)C3CC3)n2)CCN(Cc2cccc(F)c2)CC1.[C-]#[N+]CC1(n2cc(C(N)=O)c(NC(=O)C3CC3)n2)CCN(Cc2ccccc2Cl)CC1. The number of anilines is 4. The lowest BCUT2D eigenvalue weighted by atomic mass is 9.87. The number of nitrogens with one attached hydrogen (secondary N) is 4. The van der Waals surface area contributed by atoms with Crippen LogP contribution in [0.3, 0.4) is 0 Å². The van der Waals surface area contributed by atoms with Crippen LogP contribution in [0.25, 0.3) is 19.4 Å². The Kier molecular flexibility index (Phi) is 28.5. The monoisotopic (exact) mass is 1730 g/mol. The van der Waals surface area contributed by atoms with Crippen LogP contribution in [0.15, 0.2) is 122 Å². The van der Waals surface area contributed by atoms with Crippen LogP contribution >= 0.6 is 23.2 Å². The summed E-state index contributed by atoms with van der Waals surface area (Å²) in [6.07, 6.45) is 18.4. The predicted molar refractivity (Wildman–Crippen MR) is 460 cm³/mol. The zero-order chi connectivity index (χ0) is 88.0. The Balaban J connectivity index is 0.000000142. The number of hydrogen-bond donors (Lipinski definition) is 8. The number of piperidine rings is 4. The molecule has 32 nitrogen and oxygen atoms in total. The van der Waals surface area contributed by atoms with Crippen LogP contribution in [0.5, 0.6) is 0 Å². The molecule has 8 fully saturated rings. The molecule has 16 rings (SSSR count). The van der Waals surface area contributed by atoms with E-state index in [9.17, 15) is 47.1 Å². The van der Waals surface area contributed by atoms with Crippen molar-refractivity contribution >= 4 is 93.7 Å². The molecule has 8 aromatic rings. The van der Waals surface area contributed by atoms with Crippen LogP contribution in [0.1, 0.15) is 166 Å². The molecule has 4 saturated heterocycles. The van der Waals surface area contributed by atoms with Gasteiger partial charge in [-0.25, -0.2) is 35.1 Å². The fourth-order valence-corrected chi connectivity index (χ4v) is 16.7. The molecule has 8 aliphatic rings. The number of aromatic nitrogens is 8. The third-order valence-corrected chi connectivity index (χ3v) is 25.1. The lowest BCUT2D eigenvalue weighted by Crippen LogP contribution is -2.48. The van der Waals surface area contributed by atoms with Crippen molar-refractivity contribution in [2.45, 2.75) is 151 Å². The Morgan fingerprint density at radius 1 is 0.371 bits per heavy atom. The van der Waals surface area contributed by atoms with Crippen molar-refractivity contribution < 1.29 is 47.1 Å². The van der Waals surface area contributed by atoms with Crippen LogP contribution in [0, 0.1) is 61.6 Å². The lowest BCUT2D eigenvalue weighted by Gasteiger charge is -2.38. The molecular weight excluding hydrogens is 1630 g/mol. The van der Waals surface area contributed by atoms with E-state index in [-0.39, 0.29) is 131 Å². The van der Waals surface area contributed by atoms with Gasteiger partial charge in [-0.3, -0.25) is 76.7 Å². The summed E-state index contributed by atoms with van der Waals surface area (Å²) in [5.74, 6) is -3.10. The third kappa shape index (κ3) is 22.4. The van der Waals surface area contributed by atoms with Gasteiger partial charge in [0.15, 0.2) is 23.3 Å². The molecule has 0 spiro atoms. The number of nitrogens with zero attached hydrogens (tertiary/aromatic N) is 16. The number of primary amides is 4. The van der Waals surface area contributed by atoms with E-state index in [0.29, 0.717) is 82.6 Å². The van der Waals surface area contributed by atoms with Gasteiger partial charge in [0.1, 0.15) is 56.0 Å². The second kappa shape index (κ2) is 39.5. The van der Waals surface area contributed by atoms with Gasteiger partial charge < -0.3 is 63.6 Å². The van der Waals surface area contributed by atoms with Crippen molar-refractivity contribution in [3.63, 3.8) is 0 Å². The number of benzene rings is 4. The van der Waals surface area contributed by atoms with Gasteiger partial charge in [0.05, 0.1) is 0 Å². The molecule has 36 heteroatoms. The van der Waals surface area contributed by atoms with E-state index >= 15 is 0 Å². The van der Waals surface area contributed by atoms with Crippen LogP contribution in [-0.2, 0) is 67.5 Å². The molecule has 4 saturated carbocycles. The summed E-state index contributed by atoms with van der Waals surface area (Å²) in [7, 11) is 0. The van der Waals surface area contributed by atoms with E-state index in [1.54, 1.807) is 61.7 Å². The minimum Gasteiger partial charge on any atom is -0.365 e. The second-order valence-electron chi connectivity index (χ2n) is 33.6. The third-order valence-electron chi connectivity index (χ3n) is 24.5. The molecule has 0 radical (unpaired) electrons. The van der Waals surface area contributed by atoms with E-state index in [1.807, 2.05) is 54.6 Å². The average molecular weight is 1730 g/mol. The van der Waals surface area contributed by atoms with Gasteiger partial charge in [-0.15, -0.1) is 0 Å². The summed E-state index contributed by atoms with van der Waals surface area (Å²) >= 11 is 12.4. The van der Waals surface area contributed by atoms with Crippen molar-refractivity contribution in [2.75, 3.05) is 99.8 Å². The minimum absolute atomic E-state index is 0.0159. The highest BCUT2D eigenvalue weighted by molar-refractivity contribution is 6.31. The molecule has 8 amide bonds. The van der Waals surface area contributed by atoms with Crippen LogP contribution in [0.2, 0.25) is 10.0 Å². The summed E-state index contributed by atoms with van der Waals surface area (Å²) in [6, 6.07) is 28.6. The summed E-state index contributed by atoms with van der Waals surface area (Å²) in [5, 5.41) is 30.4. The van der Waals surface area contributed by atoms with Crippen molar-refractivity contribution in [3.8, 4) is 0 Å². The maximum absolute atomic E-state index is 13.5. The number of halogens is 4. The molecule has 0 atom stereocenters. The van der Waals surface area contributed by atoms with Crippen LogP contribution in [0.4, 0.5) is 32.1 Å². The Morgan fingerprint density at radius 3 is 0.944 bits per heavy atom. The predicted octanol–water partition coefficient (Wildman–Crippen LogP) is 10.5. The molecule has 0 bridgehead atoms. The van der Waals surface area contributed by atoms with Gasteiger partial charge in [0.25, 0.3) is 23.6 Å². The fourth-order valence-electron chi connectivity index (χ4n) is 16.3. The highest BCUT2D eigenvalue weighted by Crippen LogP contribution is 2.41. The summed E-state index contributed by atoms with van der Waals surface area (Å²) in [6.45, 7) is 39.5. The number of hydrogen-bond acceptors (Lipinski definition) is 16. The molecule has 8 heterocycles. The molecule has 12 N–H and O–H groups in total. The average Bonchev–Trinajstić information content (AvgIpc) is 1.63. The Hall–Kier alpha value is -12.3. The van der Waals surface area contributed by atoms with Gasteiger partial charge in [0.2, 0.25) is 49.8 Å². The summed E-state index contributed by atoms with van der Waals surface area (Å²) in [5.41, 5.74) is 24.7. The highest BCUT2D eigenvalue weighted by atomic mass is 35.5. The van der Waals surface area contributed by atoms with E-state index in [1.165, 1.54) is 24.3 Å². The van der Waals surface area contributed by atoms with E-state index in [4.69, 9.17) is 72.4 Å². The topological polar surface area (TPSA) is 390 Å². The zero-order valence-electron chi connectivity index (χ0n) is 68.7. The van der Waals surface area contributed by atoms with Crippen LogP contribution in [-0.4, -0.2) is 185 Å². The Bertz CT molecular complexity index is 5270. The van der Waals surface area contributed by atoms with E-state index in [0.717, 1.165) is 131 Å². The maximum Gasteiger partial charge on any atom is 0.254 e. The quantitative estimate of drug-likeness (QED) is 0.0211. The summed E-state index contributed by atoms with van der Waals surface area (Å²) < 4.78 is 33.3. The van der Waals surface area contributed by atoms with Crippen molar-refractivity contribution in [1.29, 1.82) is 0 Å². The Labute approximate surface area is 726 Å². The standard InChI is InChI=1S/2C22H25ClN6O2.2C22H25FN6O2/c1-25-14-22(7-9-28(10-8-22)12-15-3-2-4-17(23)11-15)29-13-18(19(24)30)20(27-29)26-21(31)16-5-6-16;1-25-14-22(8-10-28(11-9-22)12-16-4-2-3-5-18(16)23)29-13-17(19(24)30)20(27-29)26-21(31)15-6-7-15;1-25-14-22(8-10-28(11-9-22)12-15-2-6-17(23)7-3-15)29-13-18(19(24)30)20(27-29)26-21(31)16-4-5-16;1-25-14-22(7-9-28(10-8-22)12-15-3-2-4-17(23)11-15)29-13-18(19(24)30)20(27-29)26-21(31)16-5-6-16/h2-4,11,13,16H,5-10,12,14H2,(H2,24,30)(H,26,27,31);2-5,13,15H,6-12,14H2,(H2,24,30)(H,26,27,31);2-3,6-7,13,16H,4-5,8-12,14H2,(H2,24,30)(H,26,27,31);2-4,11,13,16H,5-10,12,14H2,(H2,24,30)(H,26,27,31). The van der Waals surface area contributed by atoms with Crippen LogP contribution < -0.4 is 44.2 Å². The molecule has 648 valence electrons. The molecule has 124 heavy (non-hydrogen) atoms. The molecule has 4 aliphatic heterocycles. The molecule has 4 aromatic heterocycles. The van der Waals surface area contributed by atoms with Gasteiger partial charge in [0, 0.05) is 137 Å². The number of likely N-dealkylation sites (tertiary alicyclic amines) is 4. The number of carbonyl (C=O) groups excluding carboxylic acids is 8. The molecule has 4 aromatic carbocycles. The van der Waals surface area contributed by atoms with E-state index < -0.39 is 45.8 Å². The first kappa shape index (κ1) is 89.5. The lowest BCUT2D eigenvalue weighted by molar-refractivity contribution is -0.118. The highest BCUT2D eigenvalue weighted by Gasteiger charge is 2.47. The number of rotatable bonds is 28. The van der Waals surface area contributed by atoms with Gasteiger partial charge in [-0.1, -0.05) is 77.8 Å². The van der Waals surface area contributed by atoms with E-state index in [2.05, 4.69) is 80.6 Å². The van der Waals surface area contributed by atoms with Gasteiger partial charge in [-0.05, 0) is 167 Å². The first-order chi connectivity index (χ1) is 59.6. The summed E-state index contributed by atoms with van der Waals surface area (Å²) in [4.78, 5) is 120. The smallest absolute Gasteiger partial charge is 0.254 e. The number of carbonyl (C=O) groups is 8. The van der Waals surface area contributed by atoms with Crippen molar-refractivity contribution in [1.82, 2.24) is 58.7 Å². The normalized spacial score (nSPS) is 18.3. The minimum atomic E-state index is -0.668. The second-order valence-corrected chi connectivity index (χ2v) is 34.4. The number of nitrogens with two attached hydrogens (primary N) is 4. The van der Waals surface area contributed by atoms with Gasteiger partial charge in [-0.2, -0.15) is 20.4 Å². The van der Waals surface area contributed by atoms with Gasteiger partial charge >= 0.3 is 0 Å². The maximum atomic E-state index is 13.5. The zero-order valence-corrected chi connectivity index (χ0v) is 70.2. The molecular formula is C88H100Cl2F2N24O8. The molecule has 4 aliphatic carbocycles. The largest absolute Gasteiger partial charge is 0.365 e. The number of amides is 8. The first-order valence-corrected chi connectivity index (χ1v) is 42.4.